The van der Waals surface area contributed by atoms with E-state index in [0.717, 1.165) is 11.3 Å². The van der Waals surface area contributed by atoms with E-state index in [0.29, 0.717) is 23.2 Å². The molecule has 3 aromatic rings. The first-order valence-corrected chi connectivity index (χ1v) is 6.25. The van der Waals surface area contributed by atoms with Gasteiger partial charge >= 0.3 is 0 Å². The van der Waals surface area contributed by atoms with Gasteiger partial charge in [0.1, 0.15) is 17.0 Å². The fourth-order valence-corrected chi connectivity index (χ4v) is 2.16. The molecule has 0 aliphatic carbocycles. The van der Waals surface area contributed by atoms with Gasteiger partial charge in [-0.05, 0) is 17.7 Å². The van der Waals surface area contributed by atoms with Crippen molar-refractivity contribution in [2.45, 2.75) is 6.42 Å². The number of ether oxygens (including phenoxy) is 1. The van der Waals surface area contributed by atoms with Crippen LogP contribution in [0.1, 0.15) is 11.3 Å². The minimum absolute atomic E-state index is 0.0950. The molecule has 0 amide bonds. The Morgan fingerprint density at radius 1 is 1.35 bits per heavy atom. The lowest BCUT2D eigenvalue weighted by molar-refractivity contribution is 0.414. The van der Waals surface area contributed by atoms with Crippen molar-refractivity contribution in [2.75, 3.05) is 12.8 Å². The number of hydrogen-bond acceptors (Lipinski definition) is 6. The van der Waals surface area contributed by atoms with Crippen LogP contribution in [-0.2, 0) is 6.42 Å². The number of fused-ring (bicyclic) bond motifs is 1. The topological polar surface area (TPSA) is 87.1 Å². The molecule has 0 aliphatic rings. The van der Waals surface area contributed by atoms with Crippen LogP contribution in [0.25, 0.3) is 11.1 Å². The highest BCUT2D eigenvalue weighted by Crippen LogP contribution is 2.25. The van der Waals surface area contributed by atoms with Gasteiger partial charge in [-0.3, -0.25) is 0 Å². The van der Waals surface area contributed by atoms with E-state index in [2.05, 4.69) is 15.1 Å². The van der Waals surface area contributed by atoms with Gasteiger partial charge in [-0.25, -0.2) is 4.98 Å². The molecule has 0 radical (unpaired) electrons. The number of halogens is 1. The van der Waals surface area contributed by atoms with Gasteiger partial charge in [-0.15, -0.1) is 0 Å². The van der Waals surface area contributed by atoms with Crippen LogP contribution >= 0.6 is 11.6 Å². The highest BCUT2D eigenvalue weighted by atomic mass is 35.5. The zero-order chi connectivity index (χ0) is 14.1. The number of anilines is 1. The van der Waals surface area contributed by atoms with Gasteiger partial charge in [0.2, 0.25) is 11.5 Å². The molecule has 0 saturated carbocycles. The van der Waals surface area contributed by atoms with Crippen molar-refractivity contribution in [3.63, 3.8) is 0 Å². The second-order valence-electron chi connectivity index (χ2n) is 4.21. The Hall–Kier alpha value is -2.34. The average Bonchev–Trinajstić information content (AvgIpc) is 2.82. The summed E-state index contributed by atoms with van der Waals surface area (Å²) in [6.07, 6.45) is 0.539. The van der Waals surface area contributed by atoms with Gasteiger partial charge in [0.15, 0.2) is 5.15 Å². The van der Waals surface area contributed by atoms with Crippen LogP contribution in [0.2, 0.25) is 5.15 Å². The zero-order valence-electron chi connectivity index (χ0n) is 10.6. The predicted molar refractivity (Wildman–Crippen MR) is 74.8 cm³/mol. The lowest BCUT2D eigenvalue weighted by atomic mass is 10.1. The number of benzene rings is 1. The number of aromatic nitrogens is 3. The Bertz CT molecular complexity index is 772. The molecule has 0 spiro atoms. The lowest BCUT2D eigenvalue weighted by Gasteiger charge is -2.02. The largest absolute Gasteiger partial charge is 0.497 e. The molecule has 3 rings (SSSR count). The molecule has 20 heavy (non-hydrogen) atoms. The summed E-state index contributed by atoms with van der Waals surface area (Å²) in [6, 6.07) is 7.68. The molecule has 0 aliphatic heterocycles. The van der Waals surface area contributed by atoms with Crippen molar-refractivity contribution in [3.8, 4) is 5.75 Å². The van der Waals surface area contributed by atoms with Crippen LogP contribution in [0, 0.1) is 0 Å². The van der Waals surface area contributed by atoms with E-state index in [1.54, 1.807) is 7.11 Å². The van der Waals surface area contributed by atoms with E-state index in [-0.39, 0.29) is 11.1 Å². The van der Waals surface area contributed by atoms with Gasteiger partial charge in [0.05, 0.1) is 7.11 Å². The first kappa shape index (κ1) is 12.7. The van der Waals surface area contributed by atoms with Crippen LogP contribution in [0.3, 0.4) is 0 Å². The number of hydrogen-bond donors (Lipinski definition) is 1. The Morgan fingerprint density at radius 2 is 2.20 bits per heavy atom. The van der Waals surface area contributed by atoms with Crippen molar-refractivity contribution < 1.29 is 9.26 Å². The van der Waals surface area contributed by atoms with Crippen molar-refractivity contribution in [3.05, 3.63) is 40.7 Å². The first-order valence-electron chi connectivity index (χ1n) is 5.87. The van der Waals surface area contributed by atoms with Gasteiger partial charge in [-0.2, -0.15) is 4.98 Å². The lowest BCUT2D eigenvalue weighted by Crippen LogP contribution is -1.97. The minimum atomic E-state index is 0.0950. The van der Waals surface area contributed by atoms with Gasteiger partial charge in [-0.1, -0.05) is 28.9 Å². The quantitative estimate of drug-likeness (QED) is 0.746. The standard InChI is InChI=1S/C13H11ClN4O2/c1-19-8-4-2-3-7(5-8)6-9-10-11(20-18-9)12(14)17-13(15)16-10/h2-5H,6H2,1H3,(H2,15,16,17). The van der Waals surface area contributed by atoms with E-state index < -0.39 is 0 Å². The molecule has 7 heteroatoms. The maximum atomic E-state index is 5.94. The summed E-state index contributed by atoms with van der Waals surface area (Å²) in [7, 11) is 1.62. The number of methoxy groups -OCH3 is 1. The van der Waals surface area contributed by atoms with Crippen LogP contribution in [0.15, 0.2) is 28.8 Å². The molecule has 0 unspecified atom stereocenters. The minimum Gasteiger partial charge on any atom is -0.497 e. The fraction of sp³-hybridized carbons (Fsp3) is 0.154. The molecular weight excluding hydrogens is 280 g/mol. The monoisotopic (exact) mass is 290 g/mol. The number of nitrogen functional groups attached to an aromatic ring is 1. The van der Waals surface area contributed by atoms with Crippen molar-refractivity contribution in [1.29, 1.82) is 0 Å². The summed E-state index contributed by atoms with van der Waals surface area (Å²) in [5, 5.41) is 4.15. The SMILES string of the molecule is COc1cccc(Cc2noc3c(Cl)nc(N)nc23)c1. The first-order chi connectivity index (χ1) is 9.67. The van der Waals surface area contributed by atoms with E-state index in [4.69, 9.17) is 26.6 Å². The van der Waals surface area contributed by atoms with Crippen LogP contribution in [-0.4, -0.2) is 22.2 Å². The maximum absolute atomic E-state index is 5.94. The molecule has 0 bridgehead atoms. The summed E-state index contributed by atoms with van der Waals surface area (Å²) in [6.45, 7) is 0. The summed E-state index contributed by atoms with van der Waals surface area (Å²) < 4.78 is 10.4. The smallest absolute Gasteiger partial charge is 0.222 e. The number of nitrogens with zero attached hydrogens (tertiary/aromatic N) is 3. The fourth-order valence-electron chi connectivity index (χ4n) is 1.95. The Labute approximate surface area is 119 Å². The molecular formula is C13H11ClN4O2. The van der Waals surface area contributed by atoms with Gasteiger partial charge in [0.25, 0.3) is 0 Å². The second kappa shape index (κ2) is 4.97. The molecule has 1 aromatic carbocycles. The molecule has 0 fully saturated rings. The van der Waals surface area contributed by atoms with E-state index >= 15 is 0 Å². The predicted octanol–water partition coefficient (Wildman–Crippen LogP) is 2.45. The Kier molecular flexibility index (Phi) is 3.15. The summed E-state index contributed by atoms with van der Waals surface area (Å²) in [5.41, 5.74) is 8.15. The molecule has 2 N–H and O–H groups in total. The average molecular weight is 291 g/mol. The third-order valence-electron chi connectivity index (χ3n) is 2.87. The molecule has 2 heterocycles. The van der Waals surface area contributed by atoms with Crippen molar-refractivity contribution in [1.82, 2.24) is 15.1 Å². The van der Waals surface area contributed by atoms with E-state index in [1.165, 1.54) is 0 Å². The third kappa shape index (κ3) is 2.25. The Morgan fingerprint density at radius 3 is 3.00 bits per heavy atom. The van der Waals surface area contributed by atoms with Crippen molar-refractivity contribution in [2.24, 2.45) is 0 Å². The highest BCUT2D eigenvalue weighted by Gasteiger charge is 2.15. The normalized spacial score (nSPS) is 10.9. The zero-order valence-corrected chi connectivity index (χ0v) is 11.4. The maximum Gasteiger partial charge on any atom is 0.222 e. The summed E-state index contributed by atoms with van der Waals surface area (Å²) in [5.74, 6) is 0.875. The summed E-state index contributed by atoms with van der Waals surface area (Å²) in [4.78, 5) is 7.96. The van der Waals surface area contributed by atoms with Crippen molar-refractivity contribution >= 4 is 28.6 Å². The van der Waals surface area contributed by atoms with E-state index in [1.807, 2.05) is 24.3 Å². The Balaban J connectivity index is 2.02. The van der Waals surface area contributed by atoms with Gasteiger partial charge < -0.3 is 15.0 Å². The number of nitrogens with two attached hydrogens (primary N) is 1. The summed E-state index contributed by atoms with van der Waals surface area (Å²) >= 11 is 5.94. The van der Waals surface area contributed by atoms with Crippen LogP contribution in [0.5, 0.6) is 5.75 Å². The third-order valence-corrected chi connectivity index (χ3v) is 3.12. The highest BCUT2D eigenvalue weighted by molar-refractivity contribution is 6.33. The van der Waals surface area contributed by atoms with E-state index in [9.17, 15) is 0 Å². The van der Waals surface area contributed by atoms with Crippen LogP contribution < -0.4 is 10.5 Å². The van der Waals surface area contributed by atoms with Crippen LogP contribution in [0.4, 0.5) is 5.95 Å². The van der Waals surface area contributed by atoms with Gasteiger partial charge in [0, 0.05) is 6.42 Å². The molecule has 0 saturated heterocycles. The molecule has 6 nitrogen and oxygen atoms in total. The molecule has 102 valence electrons. The second-order valence-corrected chi connectivity index (χ2v) is 4.57. The molecule has 0 atom stereocenters. The number of rotatable bonds is 3. The molecule has 2 aromatic heterocycles.